The fourth-order valence-corrected chi connectivity index (χ4v) is 11.1. The maximum Gasteiger partial charge on any atom is 0.128 e. The number of aryl methyl sites for hydroxylation is 2. The van der Waals surface area contributed by atoms with Gasteiger partial charge in [-0.2, -0.15) is 0 Å². The van der Waals surface area contributed by atoms with Crippen LogP contribution in [0.5, 0.6) is 0 Å². The predicted molar refractivity (Wildman–Crippen MR) is 233 cm³/mol. The summed E-state index contributed by atoms with van der Waals surface area (Å²) in [6.45, 7) is 9.07. The second-order valence-electron chi connectivity index (χ2n) is 17.1. The van der Waals surface area contributed by atoms with Gasteiger partial charge in [0.2, 0.25) is 0 Å². The van der Waals surface area contributed by atoms with Gasteiger partial charge in [-0.3, -0.25) is 0 Å². The molecule has 0 aliphatic heterocycles. The minimum atomic E-state index is -0.299. The number of hydrogen-bond acceptors (Lipinski definition) is 1. The molecule has 2 unspecified atom stereocenters. The molecule has 0 spiro atoms. The molecule has 2 saturated carbocycles. The summed E-state index contributed by atoms with van der Waals surface area (Å²) in [4.78, 5) is 0. The zero-order valence-electron chi connectivity index (χ0n) is 34.4. The molecule has 2 atom stereocenters. The van der Waals surface area contributed by atoms with Crippen LogP contribution in [0.4, 0.5) is 8.78 Å². The van der Waals surface area contributed by atoms with Gasteiger partial charge in [0.1, 0.15) is 11.6 Å². The Morgan fingerprint density at radius 1 is 0.491 bits per heavy atom. The van der Waals surface area contributed by atoms with E-state index in [-0.39, 0.29) is 22.1 Å². The standard InChI is InChI=1S/C52H68F2S/c1-5-9-11-13-39-19-27-43(28-20-39)51(47-33-31-45(35-49(47)53)41-23-15-37(7-3)16-24-41)55-52(44-29-21-40(22-30-44)14-12-10-6-2)48-34-32-46(36-50(48)54)42-25-17-38(8-4)18-26-42/h19-22,27-38,41-42,51-52H,5-18,23-26H2,1-4H3/t37-,38-,41-,42-,51?,52?. The molecule has 2 aliphatic rings. The summed E-state index contributed by atoms with van der Waals surface area (Å²) >= 11 is 1.69. The fourth-order valence-electron chi connectivity index (χ4n) is 9.50. The monoisotopic (exact) mass is 763 g/mol. The normalized spacial score (nSPS) is 21.3. The van der Waals surface area contributed by atoms with E-state index in [1.165, 1.54) is 88.2 Å². The minimum absolute atomic E-state index is 0.136. The van der Waals surface area contributed by atoms with Crippen LogP contribution in [0.1, 0.15) is 197 Å². The van der Waals surface area contributed by atoms with Crippen molar-refractivity contribution in [2.24, 2.45) is 11.8 Å². The number of hydrogen-bond donors (Lipinski definition) is 0. The first-order valence-corrected chi connectivity index (χ1v) is 23.3. The van der Waals surface area contributed by atoms with Gasteiger partial charge in [-0.05, 0) is 146 Å². The zero-order chi connectivity index (χ0) is 38.6. The van der Waals surface area contributed by atoms with Gasteiger partial charge < -0.3 is 0 Å². The van der Waals surface area contributed by atoms with Crippen molar-refractivity contribution in [2.75, 3.05) is 0 Å². The van der Waals surface area contributed by atoms with Gasteiger partial charge in [0.25, 0.3) is 0 Å². The van der Waals surface area contributed by atoms with Crippen molar-refractivity contribution in [1.82, 2.24) is 0 Å². The van der Waals surface area contributed by atoms with Crippen LogP contribution in [0.3, 0.4) is 0 Å². The molecule has 296 valence electrons. The highest BCUT2D eigenvalue weighted by atomic mass is 32.2. The molecule has 0 heterocycles. The average Bonchev–Trinajstić information content (AvgIpc) is 3.23. The topological polar surface area (TPSA) is 0 Å². The molecule has 2 fully saturated rings. The summed E-state index contributed by atoms with van der Waals surface area (Å²) in [7, 11) is 0. The molecule has 4 aromatic carbocycles. The Labute approximate surface area is 337 Å². The molecule has 0 nitrogen and oxygen atoms in total. The molecule has 0 radical (unpaired) electrons. The molecule has 4 aromatic rings. The Bertz CT molecular complexity index is 1600. The van der Waals surface area contributed by atoms with Gasteiger partial charge in [-0.1, -0.05) is 139 Å². The van der Waals surface area contributed by atoms with E-state index in [2.05, 4.69) is 100 Å². The third kappa shape index (κ3) is 11.1. The summed E-state index contributed by atoms with van der Waals surface area (Å²) in [5.41, 5.74) is 8.46. The summed E-state index contributed by atoms with van der Waals surface area (Å²) in [5.74, 6) is 2.19. The largest absolute Gasteiger partial charge is 0.207 e. The van der Waals surface area contributed by atoms with Crippen LogP contribution in [0.2, 0.25) is 0 Å². The third-order valence-electron chi connectivity index (χ3n) is 13.4. The van der Waals surface area contributed by atoms with E-state index in [0.29, 0.717) is 23.0 Å². The van der Waals surface area contributed by atoms with Crippen molar-refractivity contribution in [2.45, 2.75) is 166 Å². The first kappa shape index (κ1) is 41.7. The molecule has 0 N–H and O–H groups in total. The Balaban J connectivity index is 1.36. The van der Waals surface area contributed by atoms with Crippen molar-refractivity contribution in [1.29, 1.82) is 0 Å². The quantitative estimate of drug-likeness (QED) is 0.0910. The van der Waals surface area contributed by atoms with Gasteiger partial charge in [0.15, 0.2) is 0 Å². The first-order chi connectivity index (χ1) is 26.9. The Hall–Kier alpha value is -2.91. The number of unbranched alkanes of at least 4 members (excludes halogenated alkanes) is 4. The molecule has 55 heavy (non-hydrogen) atoms. The van der Waals surface area contributed by atoms with E-state index in [4.69, 9.17) is 0 Å². The van der Waals surface area contributed by atoms with Crippen LogP contribution < -0.4 is 0 Å². The molecular formula is C52H68F2S. The molecule has 0 bridgehead atoms. The van der Waals surface area contributed by atoms with Crippen LogP contribution in [-0.2, 0) is 12.8 Å². The number of rotatable bonds is 18. The predicted octanol–water partition coefficient (Wildman–Crippen LogP) is 16.4. The summed E-state index contributed by atoms with van der Waals surface area (Å²) in [6.07, 6.45) is 21.3. The molecular weight excluding hydrogens is 695 g/mol. The molecule has 2 aliphatic carbocycles. The Morgan fingerprint density at radius 3 is 1.20 bits per heavy atom. The van der Waals surface area contributed by atoms with Crippen LogP contribution >= 0.6 is 11.8 Å². The lowest BCUT2D eigenvalue weighted by Gasteiger charge is -2.30. The van der Waals surface area contributed by atoms with Crippen LogP contribution in [-0.4, -0.2) is 0 Å². The van der Waals surface area contributed by atoms with Crippen LogP contribution in [0, 0.1) is 23.5 Å². The smallest absolute Gasteiger partial charge is 0.128 e. The van der Waals surface area contributed by atoms with E-state index in [1.54, 1.807) is 11.8 Å². The van der Waals surface area contributed by atoms with Crippen molar-refractivity contribution in [3.63, 3.8) is 0 Å². The highest BCUT2D eigenvalue weighted by molar-refractivity contribution is 8.00. The minimum Gasteiger partial charge on any atom is -0.207 e. The summed E-state index contributed by atoms with van der Waals surface area (Å²) in [5, 5.41) is -0.598. The van der Waals surface area contributed by atoms with Gasteiger partial charge in [0, 0.05) is 11.1 Å². The van der Waals surface area contributed by atoms with Crippen LogP contribution in [0.15, 0.2) is 84.9 Å². The Kier molecular flexibility index (Phi) is 15.9. The highest BCUT2D eigenvalue weighted by Crippen LogP contribution is 2.50. The maximum absolute atomic E-state index is 16.7. The van der Waals surface area contributed by atoms with Crippen molar-refractivity contribution in [3.8, 4) is 0 Å². The first-order valence-electron chi connectivity index (χ1n) is 22.3. The summed E-state index contributed by atoms with van der Waals surface area (Å²) < 4.78 is 33.5. The number of thioether (sulfide) groups is 1. The average molecular weight is 763 g/mol. The van der Waals surface area contributed by atoms with Gasteiger partial charge in [-0.25, -0.2) is 8.78 Å². The molecule has 0 aromatic heterocycles. The van der Waals surface area contributed by atoms with Gasteiger partial charge >= 0.3 is 0 Å². The second-order valence-corrected chi connectivity index (χ2v) is 18.3. The second kappa shape index (κ2) is 21.0. The lowest BCUT2D eigenvalue weighted by atomic mass is 9.77. The summed E-state index contributed by atoms with van der Waals surface area (Å²) in [6, 6.07) is 30.0. The van der Waals surface area contributed by atoms with E-state index in [1.807, 2.05) is 12.1 Å². The van der Waals surface area contributed by atoms with E-state index in [0.717, 1.165) is 72.6 Å². The molecule has 3 heteroatoms. The molecule has 6 rings (SSSR count). The van der Waals surface area contributed by atoms with E-state index in [9.17, 15) is 0 Å². The molecule has 0 saturated heterocycles. The van der Waals surface area contributed by atoms with Gasteiger partial charge in [0.05, 0.1) is 10.5 Å². The highest BCUT2D eigenvalue weighted by Gasteiger charge is 2.30. The number of benzene rings is 4. The maximum atomic E-state index is 16.7. The Morgan fingerprint density at radius 2 is 0.873 bits per heavy atom. The zero-order valence-corrected chi connectivity index (χ0v) is 35.3. The number of halogens is 2. The fraction of sp³-hybridized carbons (Fsp3) is 0.538. The van der Waals surface area contributed by atoms with Crippen molar-refractivity contribution < 1.29 is 8.78 Å². The lowest BCUT2D eigenvalue weighted by molar-refractivity contribution is 0.318. The van der Waals surface area contributed by atoms with Crippen LogP contribution in [0.25, 0.3) is 0 Å². The SMILES string of the molecule is CCCCCc1ccc(C(SC(c2ccc(CCCCC)cc2)c2ccc([C@H]3CC[C@H](CC)CC3)cc2F)c2ccc([C@H]3CC[C@H](CC)CC3)cc2F)cc1. The van der Waals surface area contributed by atoms with Gasteiger partial charge in [-0.15, -0.1) is 11.8 Å². The van der Waals surface area contributed by atoms with Crippen molar-refractivity contribution >= 4 is 11.8 Å². The lowest BCUT2D eigenvalue weighted by Crippen LogP contribution is -2.14. The van der Waals surface area contributed by atoms with Crippen molar-refractivity contribution in [3.05, 3.63) is 141 Å². The third-order valence-corrected chi connectivity index (χ3v) is 15.0. The van der Waals surface area contributed by atoms with E-state index >= 15 is 8.78 Å². The van der Waals surface area contributed by atoms with E-state index < -0.39 is 0 Å². The molecule has 0 amide bonds.